The fourth-order valence-corrected chi connectivity index (χ4v) is 3.57. The van der Waals surface area contributed by atoms with Crippen LogP contribution < -0.4 is 20.1 Å². The number of fused-ring (bicyclic) bond motifs is 1. The van der Waals surface area contributed by atoms with Gasteiger partial charge >= 0.3 is 0 Å². The number of benzene rings is 1. The molecule has 0 aliphatic carbocycles. The van der Waals surface area contributed by atoms with Gasteiger partial charge in [0.1, 0.15) is 13.2 Å². The Bertz CT molecular complexity index is 902. The smallest absolute Gasteiger partial charge is 0.266 e. The Morgan fingerprint density at radius 1 is 1.07 bits per heavy atom. The molecule has 2 aromatic rings. The quantitative estimate of drug-likeness (QED) is 0.770. The van der Waals surface area contributed by atoms with Crippen LogP contribution in [0.3, 0.4) is 0 Å². The van der Waals surface area contributed by atoms with Crippen LogP contribution in [0.1, 0.15) is 36.0 Å². The van der Waals surface area contributed by atoms with E-state index in [4.69, 9.17) is 21.1 Å². The van der Waals surface area contributed by atoms with Gasteiger partial charge in [-0.25, -0.2) is 0 Å². The van der Waals surface area contributed by atoms with Gasteiger partial charge in [-0.3, -0.25) is 9.59 Å². The predicted octanol–water partition coefficient (Wildman–Crippen LogP) is 4.72. The minimum absolute atomic E-state index is 0.106. The van der Waals surface area contributed by atoms with E-state index < -0.39 is 5.41 Å². The second-order valence-electron chi connectivity index (χ2n) is 7.26. The number of carbonyl (C=O) groups is 2. The molecule has 1 aliphatic heterocycles. The molecule has 0 atom stereocenters. The van der Waals surface area contributed by atoms with Crippen molar-refractivity contribution in [2.24, 2.45) is 5.41 Å². The number of halogens is 1. The Kier molecular flexibility index (Phi) is 5.35. The highest BCUT2D eigenvalue weighted by Gasteiger charge is 2.23. The number of hydrogen-bond acceptors (Lipinski definition) is 5. The molecule has 0 radical (unpaired) electrons. The molecule has 1 aromatic heterocycles. The molecule has 0 fully saturated rings. The highest BCUT2D eigenvalue weighted by Crippen LogP contribution is 2.38. The van der Waals surface area contributed by atoms with Gasteiger partial charge in [0, 0.05) is 17.5 Å². The van der Waals surface area contributed by atoms with Crippen LogP contribution in [-0.2, 0) is 4.79 Å². The Hall–Kier alpha value is -2.25. The zero-order chi connectivity index (χ0) is 19.8. The van der Waals surface area contributed by atoms with Crippen molar-refractivity contribution in [3.63, 3.8) is 0 Å². The number of anilines is 2. The first-order chi connectivity index (χ1) is 12.6. The third-order valence-electron chi connectivity index (χ3n) is 3.92. The van der Waals surface area contributed by atoms with Gasteiger partial charge in [0.25, 0.3) is 5.91 Å². The SMILES string of the molecule is Cc1cc(NC(=O)C(C)(C)C)sc1C(=O)Nc1cc2c(cc1Cl)OCCO2. The molecule has 2 amide bonds. The van der Waals surface area contributed by atoms with Gasteiger partial charge in [0.2, 0.25) is 5.91 Å². The van der Waals surface area contributed by atoms with E-state index in [1.165, 1.54) is 11.3 Å². The zero-order valence-corrected chi connectivity index (χ0v) is 17.1. The molecule has 1 aromatic carbocycles. The van der Waals surface area contributed by atoms with Gasteiger partial charge in [-0.2, -0.15) is 0 Å². The summed E-state index contributed by atoms with van der Waals surface area (Å²) in [7, 11) is 0. The molecule has 144 valence electrons. The maximum Gasteiger partial charge on any atom is 0.266 e. The monoisotopic (exact) mass is 408 g/mol. The van der Waals surface area contributed by atoms with Crippen molar-refractivity contribution in [2.45, 2.75) is 27.7 Å². The average Bonchev–Trinajstić information content (AvgIpc) is 2.95. The van der Waals surface area contributed by atoms with Crippen LogP contribution in [0, 0.1) is 12.3 Å². The second-order valence-corrected chi connectivity index (χ2v) is 8.72. The van der Waals surface area contributed by atoms with Gasteiger partial charge in [-0.05, 0) is 18.6 Å². The Morgan fingerprint density at radius 3 is 2.33 bits per heavy atom. The van der Waals surface area contributed by atoms with Gasteiger partial charge in [-0.15, -0.1) is 11.3 Å². The zero-order valence-electron chi connectivity index (χ0n) is 15.6. The number of ether oxygens (including phenoxy) is 2. The second kappa shape index (κ2) is 7.40. The van der Waals surface area contributed by atoms with Crippen LogP contribution in [0.15, 0.2) is 18.2 Å². The van der Waals surface area contributed by atoms with Gasteiger partial charge < -0.3 is 20.1 Å². The molecule has 0 spiro atoms. The number of carbonyl (C=O) groups excluding carboxylic acids is 2. The third kappa shape index (κ3) is 4.36. The van der Waals surface area contributed by atoms with E-state index in [1.54, 1.807) is 18.2 Å². The summed E-state index contributed by atoms with van der Waals surface area (Å²) in [4.78, 5) is 25.4. The van der Waals surface area contributed by atoms with Gasteiger partial charge in [-0.1, -0.05) is 32.4 Å². The summed E-state index contributed by atoms with van der Waals surface area (Å²) in [5.41, 5.74) is 0.702. The fraction of sp³-hybridized carbons (Fsp3) is 0.368. The summed E-state index contributed by atoms with van der Waals surface area (Å²) in [5, 5.41) is 6.65. The van der Waals surface area contributed by atoms with E-state index in [1.807, 2.05) is 27.7 Å². The standard InChI is InChI=1S/C19H21ClN2O4S/c1-10-7-15(22-18(24)19(2,3)4)27-16(10)17(23)21-12-9-14-13(8-11(12)20)25-5-6-26-14/h7-9H,5-6H2,1-4H3,(H,21,23)(H,22,24). The van der Waals surface area contributed by atoms with Crippen molar-refractivity contribution >= 4 is 45.4 Å². The molecule has 0 saturated carbocycles. The van der Waals surface area contributed by atoms with Crippen molar-refractivity contribution < 1.29 is 19.1 Å². The van der Waals surface area contributed by atoms with E-state index in [0.717, 1.165) is 5.56 Å². The molecule has 3 rings (SSSR count). The molecule has 0 bridgehead atoms. The summed E-state index contributed by atoms with van der Waals surface area (Å²) >= 11 is 7.48. The first-order valence-electron chi connectivity index (χ1n) is 8.47. The van der Waals surface area contributed by atoms with Crippen LogP contribution in [0.4, 0.5) is 10.7 Å². The molecule has 8 heteroatoms. The normalized spacial score (nSPS) is 13.2. The predicted molar refractivity (Wildman–Crippen MR) is 108 cm³/mol. The van der Waals surface area contributed by atoms with Crippen LogP contribution in [-0.4, -0.2) is 25.0 Å². The third-order valence-corrected chi connectivity index (χ3v) is 5.39. The van der Waals surface area contributed by atoms with Crippen LogP contribution >= 0.6 is 22.9 Å². The highest BCUT2D eigenvalue weighted by molar-refractivity contribution is 7.18. The van der Waals surface area contributed by atoms with E-state index in [9.17, 15) is 9.59 Å². The first-order valence-corrected chi connectivity index (χ1v) is 9.67. The topological polar surface area (TPSA) is 76.7 Å². The summed E-state index contributed by atoms with van der Waals surface area (Å²) in [5.74, 6) is 0.698. The number of thiophene rings is 1. The molecule has 0 saturated heterocycles. The highest BCUT2D eigenvalue weighted by atomic mass is 35.5. The lowest BCUT2D eigenvalue weighted by atomic mass is 9.96. The maximum atomic E-state index is 12.7. The number of rotatable bonds is 3. The lowest BCUT2D eigenvalue weighted by Crippen LogP contribution is -2.27. The minimum atomic E-state index is -0.515. The molecular weight excluding hydrogens is 388 g/mol. The molecule has 6 nitrogen and oxygen atoms in total. The molecule has 0 unspecified atom stereocenters. The van der Waals surface area contributed by atoms with Crippen LogP contribution in [0.25, 0.3) is 0 Å². The van der Waals surface area contributed by atoms with E-state index >= 15 is 0 Å². The fourth-order valence-electron chi connectivity index (χ4n) is 2.41. The van der Waals surface area contributed by atoms with E-state index in [2.05, 4.69) is 10.6 Å². The van der Waals surface area contributed by atoms with E-state index in [0.29, 0.717) is 45.3 Å². The van der Waals surface area contributed by atoms with Crippen molar-refractivity contribution in [1.82, 2.24) is 0 Å². The van der Waals surface area contributed by atoms with Gasteiger partial charge in [0.05, 0.1) is 20.6 Å². The van der Waals surface area contributed by atoms with Crippen molar-refractivity contribution in [3.05, 3.63) is 33.7 Å². The maximum absolute atomic E-state index is 12.7. The van der Waals surface area contributed by atoms with Crippen LogP contribution in [0.5, 0.6) is 11.5 Å². The van der Waals surface area contributed by atoms with Gasteiger partial charge in [0.15, 0.2) is 11.5 Å². The lowest BCUT2D eigenvalue weighted by molar-refractivity contribution is -0.123. The molecule has 1 aliphatic rings. The van der Waals surface area contributed by atoms with Crippen molar-refractivity contribution in [2.75, 3.05) is 23.8 Å². The largest absolute Gasteiger partial charge is 0.486 e. The Labute approximate surface area is 166 Å². The van der Waals surface area contributed by atoms with Crippen LogP contribution in [0.2, 0.25) is 5.02 Å². The van der Waals surface area contributed by atoms with Crippen molar-refractivity contribution in [3.8, 4) is 11.5 Å². The first kappa shape index (κ1) is 19.5. The van der Waals surface area contributed by atoms with Crippen molar-refractivity contribution in [1.29, 1.82) is 0 Å². The number of aryl methyl sites for hydroxylation is 1. The molecule has 2 heterocycles. The summed E-state index contributed by atoms with van der Waals surface area (Å²) in [6.07, 6.45) is 0. The molecule has 2 N–H and O–H groups in total. The summed E-state index contributed by atoms with van der Waals surface area (Å²) in [6, 6.07) is 5.07. The molecule has 27 heavy (non-hydrogen) atoms. The summed E-state index contributed by atoms with van der Waals surface area (Å²) in [6.45, 7) is 8.24. The summed E-state index contributed by atoms with van der Waals surface area (Å²) < 4.78 is 11.0. The lowest BCUT2D eigenvalue weighted by Gasteiger charge is -2.20. The minimum Gasteiger partial charge on any atom is -0.486 e. The number of amides is 2. The number of hydrogen-bond donors (Lipinski definition) is 2. The number of nitrogens with one attached hydrogen (secondary N) is 2. The Morgan fingerprint density at radius 2 is 1.70 bits per heavy atom. The average molecular weight is 409 g/mol. The molecular formula is C19H21ClN2O4S. The Balaban J connectivity index is 1.78. The van der Waals surface area contributed by atoms with E-state index in [-0.39, 0.29) is 11.8 Å².